The van der Waals surface area contributed by atoms with Gasteiger partial charge in [-0.1, -0.05) is 0 Å². The van der Waals surface area contributed by atoms with Gasteiger partial charge >= 0.3 is 0 Å². The topological polar surface area (TPSA) is 78.3 Å². The van der Waals surface area contributed by atoms with E-state index in [-0.39, 0.29) is 0 Å². The largest absolute Gasteiger partial charge is 0.486 e. The van der Waals surface area contributed by atoms with Crippen LogP contribution in [0, 0.1) is 0 Å². The van der Waals surface area contributed by atoms with E-state index in [9.17, 15) is 4.79 Å². The van der Waals surface area contributed by atoms with Crippen LogP contribution in [-0.4, -0.2) is 34.7 Å². The molecular formula is C14H16N4O3. The summed E-state index contributed by atoms with van der Waals surface area (Å²) in [6.07, 6.45) is 4.03. The van der Waals surface area contributed by atoms with Crippen molar-refractivity contribution in [3.05, 3.63) is 35.3 Å². The molecular weight excluding hydrogens is 272 g/mol. The summed E-state index contributed by atoms with van der Waals surface area (Å²) in [5.74, 6) is 0.825. The predicted octanol–water partition coefficient (Wildman–Crippen LogP) is 0.781. The van der Waals surface area contributed by atoms with Gasteiger partial charge in [-0.15, -0.1) is 0 Å². The number of nitrogens with one attached hydrogen (secondary N) is 1. The lowest BCUT2D eigenvalue weighted by molar-refractivity contribution is 0.111. The summed E-state index contributed by atoms with van der Waals surface area (Å²) in [5, 5.41) is 7.63. The molecule has 0 saturated carbocycles. The number of aromatic nitrogens is 3. The Morgan fingerprint density at radius 1 is 1.48 bits per heavy atom. The third kappa shape index (κ3) is 2.73. The lowest BCUT2D eigenvalue weighted by atomic mass is 10.2. The molecule has 0 aliphatic carbocycles. The van der Waals surface area contributed by atoms with E-state index in [1.807, 2.05) is 4.68 Å². The summed E-state index contributed by atoms with van der Waals surface area (Å²) >= 11 is 0. The van der Waals surface area contributed by atoms with Crippen molar-refractivity contribution < 1.29 is 14.3 Å². The molecule has 0 atom stereocenters. The Kier molecular flexibility index (Phi) is 3.83. The van der Waals surface area contributed by atoms with Crippen LogP contribution in [-0.2, 0) is 19.7 Å². The Morgan fingerprint density at radius 3 is 3.19 bits per heavy atom. The zero-order valence-electron chi connectivity index (χ0n) is 11.7. The van der Waals surface area contributed by atoms with Gasteiger partial charge in [0.05, 0.1) is 37.3 Å². The van der Waals surface area contributed by atoms with Crippen LogP contribution in [0.15, 0.2) is 18.5 Å². The van der Waals surface area contributed by atoms with Crippen molar-refractivity contribution in [3.63, 3.8) is 0 Å². The number of pyridine rings is 1. The molecule has 1 aliphatic rings. The Hall–Kier alpha value is -2.41. The van der Waals surface area contributed by atoms with Crippen molar-refractivity contribution in [1.29, 1.82) is 0 Å². The van der Waals surface area contributed by atoms with E-state index in [1.54, 1.807) is 12.3 Å². The van der Waals surface area contributed by atoms with Crippen LogP contribution in [0.1, 0.15) is 21.6 Å². The molecule has 110 valence electrons. The minimum atomic E-state index is 0.353. The van der Waals surface area contributed by atoms with Crippen LogP contribution < -0.4 is 14.8 Å². The van der Waals surface area contributed by atoms with Crippen molar-refractivity contribution in [2.75, 3.05) is 13.7 Å². The second-order valence-corrected chi connectivity index (χ2v) is 4.69. The second kappa shape index (κ2) is 5.92. The number of hydrogen-bond acceptors (Lipinski definition) is 6. The monoisotopic (exact) mass is 288 g/mol. The molecule has 0 aromatic carbocycles. The Bertz CT molecular complexity index is 654. The smallest absolute Gasteiger partial charge is 0.213 e. The Morgan fingerprint density at radius 2 is 2.38 bits per heavy atom. The van der Waals surface area contributed by atoms with Gasteiger partial charge in [0.2, 0.25) is 5.88 Å². The maximum absolute atomic E-state index is 11.1. The molecule has 0 saturated heterocycles. The molecule has 0 bridgehead atoms. The predicted molar refractivity (Wildman–Crippen MR) is 74.4 cm³/mol. The van der Waals surface area contributed by atoms with Crippen molar-refractivity contribution in [3.8, 4) is 11.6 Å². The van der Waals surface area contributed by atoms with Crippen molar-refractivity contribution >= 4 is 6.29 Å². The van der Waals surface area contributed by atoms with E-state index in [0.717, 1.165) is 37.2 Å². The maximum atomic E-state index is 11.1. The summed E-state index contributed by atoms with van der Waals surface area (Å²) in [6.45, 7) is 2.91. The average Bonchev–Trinajstić information content (AvgIpc) is 2.96. The zero-order chi connectivity index (χ0) is 14.7. The highest BCUT2D eigenvalue weighted by Gasteiger charge is 2.15. The number of aldehydes is 1. The third-order valence-corrected chi connectivity index (χ3v) is 3.42. The summed E-state index contributed by atoms with van der Waals surface area (Å²) in [7, 11) is 1.50. The lowest BCUT2D eigenvalue weighted by Crippen LogP contribution is -2.29. The van der Waals surface area contributed by atoms with Crippen LogP contribution >= 0.6 is 0 Å². The summed E-state index contributed by atoms with van der Waals surface area (Å²) in [4.78, 5) is 15.2. The fraction of sp³-hybridized carbons (Fsp3) is 0.357. The van der Waals surface area contributed by atoms with Gasteiger partial charge in [0, 0.05) is 24.7 Å². The number of fused-ring (bicyclic) bond motifs is 1. The minimum Gasteiger partial charge on any atom is -0.486 e. The summed E-state index contributed by atoms with van der Waals surface area (Å²) < 4.78 is 12.7. The molecule has 0 amide bonds. The molecule has 3 heterocycles. The molecule has 0 unspecified atom stereocenters. The molecule has 21 heavy (non-hydrogen) atoms. The molecule has 3 rings (SSSR count). The van der Waals surface area contributed by atoms with Gasteiger partial charge in [-0.3, -0.25) is 9.48 Å². The highest BCUT2D eigenvalue weighted by atomic mass is 16.5. The first-order valence-electron chi connectivity index (χ1n) is 6.68. The van der Waals surface area contributed by atoms with Gasteiger partial charge in [0.25, 0.3) is 0 Å². The van der Waals surface area contributed by atoms with Crippen LogP contribution in [0.25, 0.3) is 0 Å². The Balaban J connectivity index is 1.76. The van der Waals surface area contributed by atoms with Crippen molar-refractivity contribution in [2.24, 2.45) is 0 Å². The van der Waals surface area contributed by atoms with Gasteiger partial charge in [-0.05, 0) is 0 Å². The normalized spacial score (nSPS) is 13.6. The van der Waals surface area contributed by atoms with Gasteiger partial charge < -0.3 is 14.8 Å². The number of methoxy groups -OCH3 is 1. The van der Waals surface area contributed by atoms with E-state index in [1.165, 1.54) is 13.3 Å². The van der Waals surface area contributed by atoms with Crippen LogP contribution in [0.2, 0.25) is 0 Å². The first-order chi connectivity index (χ1) is 10.3. The van der Waals surface area contributed by atoms with Crippen molar-refractivity contribution in [2.45, 2.75) is 19.7 Å². The maximum Gasteiger partial charge on any atom is 0.213 e. The highest BCUT2D eigenvalue weighted by Crippen LogP contribution is 2.22. The minimum absolute atomic E-state index is 0.353. The van der Waals surface area contributed by atoms with Gasteiger partial charge in [-0.2, -0.15) is 5.10 Å². The standard InChI is InChI=1S/C14H16N4O3/c1-20-14-4-10(8-19)13(7-16-14)21-9-11-5-17-18-3-2-15-6-12(11)18/h4-5,7-8,15H,2-3,6,9H2,1H3. The molecule has 7 nitrogen and oxygen atoms in total. The van der Waals surface area contributed by atoms with Crippen molar-refractivity contribution in [1.82, 2.24) is 20.1 Å². The van der Waals surface area contributed by atoms with Gasteiger partial charge in [-0.25, -0.2) is 4.98 Å². The van der Waals surface area contributed by atoms with E-state index in [4.69, 9.17) is 9.47 Å². The summed E-state index contributed by atoms with van der Waals surface area (Å²) in [5.41, 5.74) is 2.55. The number of carbonyl (C=O) groups excluding carboxylic acids is 1. The average molecular weight is 288 g/mol. The van der Waals surface area contributed by atoms with Gasteiger partial charge in [0.1, 0.15) is 12.4 Å². The fourth-order valence-electron chi connectivity index (χ4n) is 2.28. The van der Waals surface area contributed by atoms with Gasteiger partial charge in [0.15, 0.2) is 6.29 Å². The first kappa shape index (κ1) is 13.6. The zero-order valence-corrected chi connectivity index (χ0v) is 11.7. The molecule has 1 aliphatic heterocycles. The SMILES string of the molecule is COc1cc(C=O)c(OCc2cnn3c2CNCC3)cn1. The molecule has 2 aromatic heterocycles. The molecule has 7 heteroatoms. The highest BCUT2D eigenvalue weighted by molar-refractivity contribution is 5.79. The molecule has 0 spiro atoms. The first-order valence-corrected chi connectivity index (χ1v) is 6.68. The Labute approximate surface area is 121 Å². The molecule has 0 radical (unpaired) electrons. The number of ether oxygens (including phenoxy) is 2. The van der Waals surface area contributed by atoms with E-state index >= 15 is 0 Å². The van der Waals surface area contributed by atoms with E-state index < -0.39 is 0 Å². The lowest BCUT2D eigenvalue weighted by Gasteiger charge is -2.16. The van der Waals surface area contributed by atoms with Crippen LogP contribution in [0.3, 0.4) is 0 Å². The number of nitrogens with zero attached hydrogens (tertiary/aromatic N) is 3. The fourth-order valence-corrected chi connectivity index (χ4v) is 2.28. The second-order valence-electron chi connectivity index (χ2n) is 4.69. The van der Waals surface area contributed by atoms with Crippen LogP contribution in [0.5, 0.6) is 11.6 Å². The third-order valence-electron chi connectivity index (χ3n) is 3.42. The molecule has 1 N–H and O–H groups in total. The van der Waals surface area contributed by atoms with E-state index in [0.29, 0.717) is 23.8 Å². The molecule has 2 aromatic rings. The number of carbonyl (C=O) groups is 1. The number of rotatable bonds is 5. The van der Waals surface area contributed by atoms with Crippen LogP contribution in [0.4, 0.5) is 0 Å². The molecule has 0 fully saturated rings. The summed E-state index contributed by atoms with van der Waals surface area (Å²) in [6, 6.07) is 1.55. The quantitative estimate of drug-likeness (QED) is 0.819. The number of hydrogen-bond donors (Lipinski definition) is 1. The van der Waals surface area contributed by atoms with E-state index in [2.05, 4.69) is 15.4 Å².